The molecule has 0 aliphatic carbocycles. The molecule has 0 aliphatic heterocycles. The molecular formula is C11H17N3O. The number of guanidine groups is 1. The van der Waals surface area contributed by atoms with E-state index in [1.165, 1.54) is 0 Å². The summed E-state index contributed by atoms with van der Waals surface area (Å²) in [6, 6.07) is 9.70. The summed E-state index contributed by atoms with van der Waals surface area (Å²) in [4.78, 5) is 4.12. The maximum absolute atomic E-state index is 5.67. The first kappa shape index (κ1) is 11.5. The van der Waals surface area contributed by atoms with Crippen molar-refractivity contribution in [3.8, 4) is 0 Å². The van der Waals surface area contributed by atoms with Gasteiger partial charge in [-0.1, -0.05) is 18.2 Å². The molecule has 0 radical (unpaired) electrons. The quantitative estimate of drug-likeness (QED) is 0.436. The predicted octanol–water partition coefficient (Wildman–Crippen LogP) is 1.45. The lowest BCUT2D eigenvalue weighted by Gasteiger charge is -2.04. The third-order valence-electron chi connectivity index (χ3n) is 1.77. The summed E-state index contributed by atoms with van der Waals surface area (Å²) in [5.41, 5.74) is 6.61. The fourth-order valence-electron chi connectivity index (χ4n) is 1.08. The molecule has 0 saturated heterocycles. The lowest BCUT2D eigenvalue weighted by molar-refractivity contribution is 0.156. The van der Waals surface area contributed by atoms with Crippen molar-refractivity contribution < 1.29 is 4.74 Å². The Morgan fingerprint density at radius 1 is 1.40 bits per heavy atom. The number of hydrogen-bond acceptors (Lipinski definition) is 2. The van der Waals surface area contributed by atoms with E-state index in [9.17, 15) is 0 Å². The highest BCUT2D eigenvalue weighted by Gasteiger charge is 1.92. The molecule has 0 unspecified atom stereocenters. The van der Waals surface area contributed by atoms with E-state index in [4.69, 9.17) is 10.5 Å². The summed E-state index contributed by atoms with van der Waals surface area (Å²) < 4.78 is 5.14. The zero-order valence-corrected chi connectivity index (χ0v) is 8.94. The predicted molar refractivity (Wildman–Crippen MR) is 63.0 cm³/mol. The number of anilines is 1. The molecule has 0 fully saturated rings. The fourth-order valence-corrected chi connectivity index (χ4v) is 1.08. The average Bonchev–Trinajstić information content (AvgIpc) is 2.26. The zero-order chi connectivity index (χ0) is 10.9. The normalized spacial score (nSPS) is 11.4. The Hall–Kier alpha value is -1.55. The molecule has 0 aromatic heterocycles. The first-order valence-corrected chi connectivity index (χ1v) is 5.02. The topological polar surface area (TPSA) is 59.6 Å². The highest BCUT2D eigenvalue weighted by molar-refractivity contribution is 5.92. The van der Waals surface area contributed by atoms with E-state index in [0.29, 0.717) is 25.7 Å². The number of benzene rings is 1. The van der Waals surface area contributed by atoms with Crippen molar-refractivity contribution in [1.29, 1.82) is 0 Å². The van der Waals surface area contributed by atoms with Crippen LogP contribution in [-0.2, 0) is 4.74 Å². The summed E-state index contributed by atoms with van der Waals surface area (Å²) in [6.45, 7) is 3.85. The second-order valence-electron chi connectivity index (χ2n) is 2.95. The van der Waals surface area contributed by atoms with Crippen LogP contribution in [0.15, 0.2) is 35.3 Å². The van der Waals surface area contributed by atoms with Gasteiger partial charge in [-0.15, -0.1) is 0 Å². The molecule has 1 aromatic carbocycles. The lowest BCUT2D eigenvalue weighted by atomic mass is 10.3. The van der Waals surface area contributed by atoms with Crippen LogP contribution in [0.25, 0.3) is 0 Å². The Kier molecular flexibility index (Phi) is 5.25. The monoisotopic (exact) mass is 207 g/mol. The molecule has 4 nitrogen and oxygen atoms in total. The van der Waals surface area contributed by atoms with E-state index in [1.54, 1.807) is 0 Å². The van der Waals surface area contributed by atoms with Crippen LogP contribution in [-0.4, -0.2) is 25.7 Å². The molecule has 4 heteroatoms. The molecule has 0 spiro atoms. The van der Waals surface area contributed by atoms with Crippen LogP contribution in [0, 0.1) is 0 Å². The Morgan fingerprint density at radius 2 is 2.13 bits per heavy atom. The van der Waals surface area contributed by atoms with Crippen molar-refractivity contribution in [3.63, 3.8) is 0 Å². The van der Waals surface area contributed by atoms with Crippen molar-refractivity contribution in [1.82, 2.24) is 0 Å². The lowest BCUT2D eigenvalue weighted by Crippen LogP contribution is -2.23. The average molecular weight is 207 g/mol. The first-order valence-electron chi connectivity index (χ1n) is 5.02. The van der Waals surface area contributed by atoms with Gasteiger partial charge in [0.15, 0.2) is 5.96 Å². The van der Waals surface area contributed by atoms with Gasteiger partial charge in [-0.05, 0) is 19.1 Å². The van der Waals surface area contributed by atoms with Crippen LogP contribution in [0.1, 0.15) is 6.92 Å². The highest BCUT2D eigenvalue weighted by atomic mass is 16.5. The third kappa shape index (κ3) is 5.02. The minimum Gasteiger partial charge on any atom is -0.380 e. The Bertz CT molecular complexity index is 298. The Balaban J connectivity index is 2.32. The minimum atomic E-state index is 0.418. The van der Waals surface area contributed by atoms with Crippen molar-refractivity contribution in [2.24, 2.45) is 10.7 Å². The van der Waals surface area contributed by atoms with Crippen molar-refractivity contribution >= 4 is 11.6 Å². The van der Waals surface area contributed by atoms with Crippen molar-refractivity contribution in [3.05, 3.63) is 30.3 Å². The molecule has 0 heterocycles. The summed E-state index contributed by atoms with van der Waals surface area (Å²) in [5, 5.41) is 2.99. The van der Waals surface area contributed by atoms with E-state index >= 15 is 0 Å². The van der Waals surface area contributed by atoms with Crippen LogP contribution in [0.3, 0.4) is 0 Å². The van der Waals surface area contributed by atoms with Gasteiger partial charge in [0.1, 0.15) is 0 Å². The van der Waals surface area contributed by atoms with Gasteiger partial charge in [-0.2, -0.15) is 0 Å². The van der Waals surface area contributed by atoms with Gasteiger partial charge in [-0.25, -0.2) is 0 Å². The van der Waals surface area contributed by atoms with Crippen LogP contribution in [0.4, 0.5) is 5.69 Å². The molecule has 0 amide bonds. The number of aliphatic imine (C=N–C) groups is 1. The molecule has 15 heavy (non-hydrogen) atoms. The van der Waals surface area contributed by atoms with E-state index < -0.39 is 0 Å². The van der Waals surface area contributed by atoms with Crippen molar-refractivity contribution in [2.45, 2.75) is 6.92 Å². The molecular weight excluding hydrogens is 190 g/mol. The van der Waals surface area contributed by atoms with E-state index in [0.717, 1.165) is 5.69 Å². The number of ether oxygens (including phenoxy) is 1. The number of nitrogens with one attached hydrogen (secondary N) is 1. The fraction of sp³-hybridized carbons (Fsp3) is 0.364. The third-order valence-corrected chi connectivity index (χ3v) is 1.77. The van der Waals surface area contributed by atoms with Gasteiger partial charge in [0.2, 0.25) is 0 Å². The molecule has 0 aliphatic rings. The van der Waals surface area contributed by atoms with Crippen LogP contribution in [0.2, 0.25) is 0 Å². The molecule has 3 N–H and O–H groups in total. The van der Waals surface area contributed by atoms with Crippen LogP contribution < -0.4 is 11.1 Å². The van der Waals surface area contributed by atoms with Gasteiger partial charge in [-0.3, -0.25) is 4.99 Å². The van der Waals surface area contributed by atoms with Gasteiger partial charge in [0, 0.05) is 12.3 Å². The molecule has 82 valence electrons. The molecule has 0 saturated carbocycles. The number of hydrogen-bond donors (Lipinski definition) is 2. The smallest absolute Gasteiger partial charge is 0.193 e. The minimum absolute atomic E-state index is 0.418. The standard InChI is InChI=1S/C11H17N3O/c1-2-15-9-8-13-11(12)14-10-6-4-3-5-7-10/h3-7H,2,8-9H2,1H3,(H3,12,13,14). The molecule has 0 bridgehead atoms. The van der Waals surface area contributed by atoms with Gasteiger partial charge in [0.25, 0.3) is 0 Å². The molecule has 0 atom stereocenters. The van der Waals surface area contributed by atoms with E-state index in [-0.39, 0.29) is 0 Å². The van der Waals surface area contributed by atoms with Crippen molar-refractivity contribution in [2.75, 3.05) is 25.1 Å². The Labute approximate surface area is 90.2 Å². The summed E-state index contributed by atoms with van der Waals surface area (Å²) in [7, 11) is 0. The zero-order valence-electron chi connectivity index (χ0n) is 8.94. The summed E-state index contributed by atoms with van der Waals surface area (Å²) >= 11 is 0. The summed E-state index contributed by atoms with van der Waals surface area (Å²) in [5.74, 6) is 0.418. The van der Waals surface area contributed by atoms with E-state index in [1.807, 2.05) is 37.3 Å². The second kappa shape index (κ2) is 6.84. The second-order valence-corrected chi connectivity index (χ2v) is 2.95. The maximum atomic E-state index is 5.67. The molecule has 1 rings (SSSR count). The van der Waals surface area contributed by atoms with Crippen LogP contribution in [0.5, 0.6) is 0 Å². The maximum Gasteiger partial charge on any atom is 0.193 e. The number of nitrogens with two attached hydrogens (primary N) is 1. The molecule has 1 aromatic rings. The highest BCUT2D eigenvalue weighted by Crippen LogP contribution is 2.03. The van der Waals surface area contributed by atoms with Gasteiger partial charge < -0.3 is 15.8 Å². The SMILES string of the molecule is CCOCCN=C(N)Nc1ccccc1. The Morgan fingerprint density at radius 3 is 2.80 bits per heavy atom. The number of para-hydroxylation sites is 1. The van der Waals surface area contributed by atoms with Gasteiger partial charge >= 0.3 is 0 Å². The number of rotatable bonds is 5. The largest absolute Gasteiger partial charge is 0.380 e. The summed E-state index contributed by atoms with van der Waals surface area (Å²) in [6.07, 6.45) is 0. The van der Waals surface area contributed by atoms with Crippen LogP contribution >= 0.6 is 0 Å². The van der Waals surface area contributed by atoms with Gasteiger partial charge in [0.05, 0.1) is 13.2 Å². The first-order chi connectivity index (χ1) is 7.33. The van der Waals surface area contributed by atoms with E-state index in [2.05, 4.69) is 10.3 Å². The number of nitrogens with zero attached hydrogens (tertiary/aromatic N) is 1.